The third kappa shape index (κ3) is 2.29. The van der Waals surface area contributed by atoms with Crippen molar-refractivity contribution in [3.63, 3.8) is 0 Å². The second kappa shape index (κ2) is 5.59. The van der Waals surface area contributed by atoms with Gasteiger partial charge in [-0.3, -0.25) is 20.4 Å². The molecule has 2 bridgehead atoms. The molecule has 7 nitrogen and oxygen atoms in total. The number of hydrazine groups is 1. The zero-order chi connectivity index (χ0) is 16.7. The minimum atomic E-state index is -0.917. The Morgan fingerprint density at radius 2 is 1.83 bits per heavy atom. The molecule has 2 aliphatic rings. The normalized spacial score (nSPS) is 27.3. The molecule has 0 unspecified atom stereocenters. The van der Waals surface area contributed by atoms with Crippen LogP contribution in [-0.4, -0.2) is 27.0 Å². The maximum absolute atomic E-state index is 12.5. The maximum atomic E-state index is 12.5. The number of amides is 1. The molecule has 7 heteroatoms. The molecule has 2 aromatic rings. The number of allylic oxidation sites excluding steroid dienone is 2. The van der Waals surface area contributed by atoms with E-state index in [0.717, 1.165) is 17.3 Å². The van der Waals surface area contributed by atoms with Gasteiger partial charge in [-0.25, -0.2) is 9.97 Å². The van der Waals surface area contributed by atoms with Crippen molar-refractivity contribution in [3.05, 3.63) is 42.7 Å². The zero-order valence-corrected chi connectivity index (χ0v) is 12.7. The first-order valence-electron chi connectivity index (χ1n) is 7.82. The molecule has 0 saturated heterocycles. The third-order valence-corrected chi connectivity index (χ3v) is 4.89. The summed E-state index contributed by atoms with van der Waals surface area (Å²) in [6.07, 6.45) is 6.01. The average Bonchev–Trinajstić information content (AvgIpc) is 3.20. The summed E-state index contributed by atoms with van der Waals surface area (Å²) >= 11 is 0. The molecule has 3 N–H and O–H groups in total. The van der Waals surface area contributed by atoms with Crippen LogP contribution in [0.25, 0.3) is 10.9 Å². The lowest BCUT2D eigenvalue weighted by molar-refractivity contribution is -0.147. The van der Waals surface area contributed by atoms with Gasteiger partial charge in [0.15, 0.2) is 5.82 Å². The van der Waals surface area contributed by atoms with E-state index in [2.05, 4.69) is 20.8 Å². The number of para-hydroxylation sites is 1. The molecule has 0 spiro atoms. The molecule has 2 aliphatic carbocycles. The van der Waals surface area contributed by atoms with Gasteiger partial charge in [-0.15, -0.1) is 0 Å². The van der Waals surface area contributed by atoms with Crippen molar-refractivity contribution in [2.75, 3.05) is 5.43 Å². The summed E-state index contributed by atoms with van der Waals surface area (Å²) in [6.45, 7) is 0. The summed E-state index contributed by atoms with van der Waals surface area (Å²) in [5.74, 6) is -2.04. The van der Waals surface area contributed by atoms with E-state index in [9.17, 15) is 14.7 Å². The summed E-state index contributed by atoms with van der Waals surface area (Å²) < 4.78 is 0. The fourth-order valence-electron chi connectivity index (χ4n) is 3.82. The first-order chi connectivity index (χ1) is 11.6. The van der Waals surface area contributed by atoms with Crippen molar-refractivity contribution in [1.29, 1.82) is 0 Å². The van der Waals surface area contributed by atoms with Crippen LogP contribution in [0.2, 0.25) is 0 Å². The van der Waals surface area contributed by atoms with Crippen molar-refractivity contribution in [2.24, 2.45) is 23.7 Å². The molecule has 4 rings (SSSR count). The van der Waals surface area contributed by atoms with Gasteiger partial charge in [0.05, 0.1) is 17.4 Å². The highest BCUT2D eigenvalue weighted by molar-refractivity contribution is 5.91. The van der Waals surface area contributed by atoms with Crippen molar-refractivity contribution in [2.45, 2.75) is 6.42 Å². The van der Waals surface area contributed by atoms with Crippen molar-refractivity contribution in [3.8, 4) is 0 Å². The predicted octanol–water partition coefficient (Wildman–Crippen LogP) is 1.60. The minimum Gasteiger partial charge on any atom is -0.481 e. The second-order valence-corrected chi connectivity index (χ2v) is 6.19. The van der Waals surface area contributed by atoms with Crippen LogP contribution in [0.5, 0.6) is 0 Å². The number of benzene rings is 1. The van der Waals surface area contributed by atoms with Gasteiger partial charge >= 0.3 is 5.97 Å². The zero-order valence-electron chi connectivity index (χ0n) is 12.7. The number of carboxylic acid groups (broad SMARTS) is 1. The molecule has 1 amide bonds. The van der Waals surface area contributed by atoms with Gasteiger partial charge in [0.2, 0.25) is 5.91 Å². The first-order valence-corrected chi connectivity index (χ1v) is 7.82. The topological polar surface area (TPSA) is 104 Å². The standard InChI is InChI=1S/C17H16N4O3/c22-16(13-9-5-6-10(7-9)14(13)17(23)24)21-20-15-11-3-1-2-4-12(11)18-8-19-15/h1-6,8-10,13-14H,7H2,(H,21,22)(H,23,24)(H,18,19,20)/t9-,10-,13-,14-/m0/s1. The number of hydrogen-bond acceptors (Lipinski definition) is 5. The van der Waals surface area contributed by atoms with Gasteiger partial charge in [0.1, 0.15) is 6.33 Å². The summed E-state index contributed by atoms with van der Waals surface area (Å²) in [5.41, 5.74) is 6.20. The summed E-state index contributed by atoms with van der Waals surface area (Å²) in [6, 6.07) is 7.44. The number of carbonyl (C=O) groups excluding carboxylic acids is 1. The van der Waals surface area contributed by atoms with Gasteiger partial charge in [0, 0.05) is 5.39 Å². The number of carboxylic acids is 1. The largest absolute Gasteiger partial charge is 0.481 e. The highest BCUT2D eigenvalue weighted by Crippen LogP contribution is 2.48. The van der Waals surface area contributed by atoms with E-state index >= 15 is 0 Å². The molecular weight excluding hydrogens is 308 g/mol. The average molecular weight is 324 g/mol. The number of anilines is 1. The molecular formula is C17H16N4O3. The summed E-state index contributed by atoms with van der Waals surface area (Å²) in [5, 5.41) is 10.2. The SMILES string of the molecule is O=C(O)[C@@H]1[C@@H](C(=O)NNc2ncnc3ccccc23)[C@H]2C=C[C@H]1C2. The van der Waals surface area contributed by atoms with Gasteiger partial charge in [-0.05, 0) is 30.4 Å². The number of aliphatic carboxylic acids is 1. The van der Waals surface area contributed by atoms with E-state index in [1.165, 1.54) is 6.33 Å². The molecule has 1 fully saturated rings. The van der Waals surface area contributed by atoms with Gasteiger partial charge in [0.25, 0.3) is 0 Å². The Morgan fingerprint density at radius 3 is 2.62 bits per heavy atom. The van der Waals surface area contributed by atoms with E-state index in [4.69, 9.17) is 0 Å². The quantitative estimate of drug-likeness (QED) is 0.583. The molecule has 24 heavy (non-hydrogen) atoms. The van der Waals surface area contributed by atoms with Crippen LogP contribution in [0.15, 0.2) is 42.7 Å². The van der Waals surface area contributed by atoms with Crippen LogP contribution in [0, 0.1) is 23.7 Å². The van der Waals surface area contributed by atoms with Crippen LogP contribution >= 0.6 is 0 Å². The lowest BCUT2D eigenvalue weighted by Crippen LogP contribution is -2.42. The van der Waals surface area contributed by atoms with Crippen molar-refractivity contribution in [1.82, 2.24) is 15.4 Å². The van der Waals surface area contributed by atoms with Crippen LogP contribution in [0.3, 0.4) is 0 Å². The smallest absolute Gasteiger partial charge is 0.307 e. The Bertz CT molecular complexity index is 845. The number of fused-ring (bicyclic) bond motifs is 3. The third-order valence-electron chi connectivity index (χ3n) is 4.89. The molecule has 0 aliphatic heterocycles. The second-order valence-electron chi connectivity index (χ2n) is 6.19. The van der Waals surface area contributed by atoms with E-state index < -0.39 is 17.8 Å². The Balaban J connectivity index is 1.52. The molecule has 0 radical (unpaired) electrons. The number of aromatic nitrogens is 2. The fourth-order valence-corrected chi connectivity index (χ4v) is 3.82. The number of carbonyl (C=O) groups is 2. The number of nitrogens with one attached hydrogen (secondary N) is 2. The van der Waals surface area contributed by atoms with Crippen LogP contribution < -0.4 is 10.9 Å². The van der Waals surface area contributed by atoms with E-state index in [-0.39, 0.29) is 17.7 Å². The molecule has 1 aromatic carbocycles. The highest BCUT2D eigenvalue weighted by atomic mass is 16.4. The van der Waals surface area contributed by atoms with Crippen molar-refractivity contribution < 1.29 is 14.7 Å². The van der Waals surface area contributed by atoms with E-state index in [0.29, 0.717) is 5.82 Å². The lowest BCUT2D eigenvalue weighted by atomic mass is 9.82. The maximum Gasteiger partial charge on any atom is 0.307 e. The molecule has 1 heterocycles. The lowest BCUT2D eigenvalue weighted by Gasteiger charge is -2.24. The molecule has 1 saturated carbocycles. The number of nitrogens with zero attached hydrogens (tertiary/aromatic N) is 2. The molecule has 122 valence electrons. The first kappa shape index (κ1) is 14.6. The fraction of sp³-hybridized carbons (Fsp3) is 0.294. The molecule has 4 atom stereocenters. The summed E-state index contributed by atoms with van der Waals surface area (Å²) in [7, 11) is 0. The predicted molar refractivity (Wildman–Crippen MR) is 86.7 cm³/mol. The van der Waals surface area contributed by atoms with Gasteiger partial charge in [-0.1, -0.05) is 24.3 Å². The Labute approximate surface area is 137 Å². The Morgan fingerprint density at radius 1 is 1.08 bits per heavy atom. The molecule has 1 aromatic heterocycles. The van der Waals surface area contributed by atoms with E-state index in [1.54, 1.807) is 0 Å². The Hall–Kier alpha value is -2.96. The van der Waals surface area contributed by atoms with Gasteiger partial charge < -0.3 is 5.11 Å². The monoisotopic (exact) mass is 324 g/mol. The minimum absolute atomic E-state index is 0.0138. The number of hydrogen-bond donors (Lipinski definition) is 3. The van der Waals surface area contributed by atoms with Crippen molar-refractivity contribution >= 4 is 28.6 Å². The van der Waals surface area contributed by atoms with E-state index in [1.807, 2.05) is 36.4 Å². The van der Waals surface area contributed by atoms with Gasteiger partial charge in [-0.2, -0.15) is 0 Å². The van der Waals surface area contributed by atoms with Crippen LogP contribution in [0.1, 0.15) is 6.42 Å². The van der Waals surface area contributed by atoms with Crippen LogP contribution in [0.4, 0.5) is 5.82 Å². The summed E-state index contributed by atoms with van der Waals surface area (Å²) in [4.78, 5) is 32.3. The highest BCUT2D eigenvalue weighted by Gasteiger charge is 2.51. The Kier molecular flexibility index (Phi) is 3.41. The number of rotatable bonds is 4. The van der Waals surface area contributed by atoms with Crippen LogP contribution in [-0.2, 0) is 9.59 Å².